The molecule has 0 unspecified atom stereocenters. The fourth-order valence-corrected chi connectivity index (χ4v) is 2.74. The van der Waals surface area contributed by atoms with Crippen molar-refractivity contribution in [3.8, 4) is 5.82 Å². The Hall–Kier alpha value is -2.39. The quantitative estimate of drug-likeness (QED) is 0.757. The van der Waals surface area contributed by atoms with Crippen molar-refractivity contribution in [3.63, 3.8) is 0 Å². The number of aromatic nitrogens is 7. The summed E-state index contributed by atoms with van der Waals surface area (Å²) in [6.45, 7) is 3.11. The van der Waals surface area contributed by atoms with Crippen molar-refractivity contribution in [1.29, 1.82) is 0 Å². The molecule has 1 aliphatic rings. The number of ether oxygens (including phenoxy) is 1. The lowest BCUT2D eigenvalue weighted by Gasteiger charge is -2.18. The second kappa shape index (κ2) is 5.67. The highest BCUT2D eigenvalue weighted by Crippen LogP contribution is 2.26. The average Bonchev–Trinajstić information content (AvgIpc) is 3.22. The molecule has 9 nitrogen and oxygen atoms in total. The first-order valence-corrected chi connectivity index (χ1v) is 7.62. The highest BCUT2D eigenvalue weighted by atomic mass is 16.5. The first kappa shape index (κ1) is 14.2. The zero-order valence-corrected chi connectivity index (χ0v) is 12.7. The summed E-state index contributed by atoms with van der Waals surface area (Å²) in [5, 5.41) is 26.8. The third-order valence-corrected chi connectivity index (χ3v) is 3.97. The van der Waals surface area contributed by atoms with E-state index in [1.165, 1.54) is 6.33 Å². The van der Waals surface area contributed by atoms with Crippen LogP contribution in [0.15, 0.2) is 18.5 Å². The number of hydrogen-bond donors (Lipinski definition) is 1. The molecule has 9 heteroatoms. The molecule has 0 saturated carbocycles. The van der Waals surface area contributed by atoms with Crippen molar-refractivity contribution >= 4 is 5.65 Å². The minimum Gasteiger partial charge on any atom is -0.385 e. The SMILES string of the molecule is C[C@H](O)c1nc(C2CCOCC2)nn1-c1ccc2nncn2n1. The second-order valence-electron chi connectivity index (χ2n) is 5.63. The van der Waals surface area contributed by atoms with Gasteiger partial charge in [0.05, 0.1) is 0 Å². The van der Waals surface area contributed by atoms with E-state index in [0.717, 1.165) is 18.7 Å². The molecule has 4 rings (SSSR count). The summed E-state index contributed by atoms with van der Waals surface area (Å²) in [5.41, 5.74) is 0.650. The highest BCUT2D eigenvalue weighted by molar-refractivity contribution is 5.38. The molecule has 1 atom stereocenters. The maximum Gasteiger partial charge on any atom is 0.177 e. The molecule has 1 fully saturated rings. The molecule has 1 aliphatic heterocycles. The van der Waals surface area contributed by atoms with E-state index >= 15 is 0 Å². The number of fused-ring (bicyclic) bond motifs is 1. The Morgan fingerprint density at radius 2 is 2.09 bits per heavy atom. The summed E-state index contributed by atoms with van der Waals surface area (Å²) in [4.78, 5) is 4.54. The molecule has 23 heavy (non-hydrogen) atoms. The van der Waals surface area contributed by atoms with Gasteiger partial charge in [-0.1, -0.05) is 0 Å². The van der Waals surface area contributed by atoms with Crippen LogP contribution in [-0.2, 0) is 4.74 Å². The molecule has 1 saturated heterocycles. The fraction of sp³-hybridized carbons (Fsp3) is 0.500. The number of aliphatic hydroxyl groups excluding tert-OH is 1. The van der Waals surface area contributed by atoms with Crippen molar-refractivity contribution in [2.24, 2.45) is 0 Å². The Morgan fingerprint density at radius 3 is 2.87 bits per heavy atom. The number of hydrogen-bond acceptors (Lipinski definition) is 7. The maximum absolute atomic E-state index is 10.0. The first-order valence-electron chi connectivity index (χ1n) is 7.62. The van der Waals surface area contributed by atoms with Crippen LogP contribution in [0, 0.1) is 0 Å². The van der Waals surface area contributed by atoms with E-state index in [2.05, 4.69) is 25.4 Å². The normalized spacial score (nSPS) is 17.7. The van der Waals surface area contributed by atoms with Gasteiger partial charge < -0.3 is 9.84 Å². The van der Waals surface area contributed by atoms with Gasteiger partial charge in [-0.25, -0.2) is 4.98 Å². The van der Waals surface area contributed by atoms with E-state index in [4.69, 9.17) is 4.74 Å². The summed E-state index contributed by atoms with van der Waals surface area (Å²) < 4.78 is 8.55. The summed E-state index contributed by atoms with van der Waals surface area (Å²) in [6.07, 6.45) is 2.56. The second-order valence-corrected chi connectivity index (χ2v) is 5.63. The third kappa shape index (κ3) is 2.57. The number of rotatable bonds is 3. The monoisotopic (exact) mass is 315 g/mol. The average molecular weight is 315 g/mol. The zero-order valence-electron chi connectivity index (χ0n) is 12.7. The predicted octanol–water partition coefficient (Wildman–Crippen LogP) is 0.652. The van der Waals surface area contributed by atoms with Crippen molar-refractivity contribution < 1.29 is 9.84 Å². The van der Waals surface area contributed by atoms with Gasteiger partial charge in [0.1, 0.15) is 12.4 Å². The van der Waals surface area contributed by atoms with E-state index in [-0.39, 0.29) is 5.92 Å². The molecule has 3 aromatic rings. The first-order chi connectivity index (χ1) is 11.2. The number of aliphatic hydroxyl groups is 1. The van der Waals surface area contributed by atoms with Gasteiger partial charge in [-0.3, -0.25) is 0 Å². The van der Waals surface area contributed by atoms with Crippen molar-refractivity contribution in [2.75, 3.05) is 13.2 Å². The van der Waals surface area contributed by atoms with Crippen LogP contribution >= 0.6 is 0 Å². The molecule has 0 aliphatic carbocycles. The van der Waals surface area contributed by atoms with Gasteiger partial charge in [0.25, 0.3) is 0 Å². The summed E-state index contributed by atoms with van der Waals surface area (Å²) in [6, 6.07) is 3.59. The fourth-order valence-electron chi connectivity index (χ4n) is 2.74. The summed E-state index contributed by atoms with van der Waals surface area (Å²) in [7, 11) is 0. The lowest BCUT2D eigenvalue weighted by atomic mass is 10.00. The molecule has 0 spiro atoms. The molecule has 0 bridgehead atoms. The Balaban J connectivity index is 1.77. The van der Waals surface area contributed by atoms with E-state index in [0.29, 0.717) is 30.5 Å². The molecule has 3 aromatic heterocycles. The molecule has 120 valence electrons. The Labute approximate surface area is 131 Å². The Kier molecular flexibility index (Phi) is 3.50. The maximum atomic E-state index is 10.0. The third-order valence-electron chi connectivity index (χ3n) is 3.97. The van der Waals surface area contributed by atoms with Gasteiger partial charge in [0.2, 0.25) is 0 Å². The Morgan fingerprint density at radius 1 is 1.26 bits per heavy atom. The van der Waals surface area contributed by atoms with Crippen LogP contribution < -0.4 is 0 Å². The summed E-state index contributed by atoms with van der Waals surface area (Å²) >= 11 is 0. The zero-order chi connectivity index (χ0) is 15.8. The molecule has 0 aromatic carbocycles. The standard InChI is InChI=1S/C14H17N7O2/c1-9(22)14-16-13(10-4-6-23-7-5-10)19-21(14)12-3-2-11-17-15-8-20(11)18-12/h2-3,8-10,22H,4-7H2,1H3/t9-/m0/s1. The lowest BCUT2D eigenvalue weighted by molar-refractivity contribution is 0.0835. The van der Waals surface area contributed by atoms with Crippen LogP contribution in [0.3, 0.4) is 0 Å². The van der Waals surface area contributed by atoms with Crippen LogP contribution in [0.5, 0.6) is 0 Å². The van der Waals surface area contributed by atoms with Crippen molar-refractivity contribution in [2.45, 2.75) is 31.8 Å². The van der Waals surface area contributed by atoms with E-state index in [1.807, 2.05) is 0 Å². The largest absolute Gasteiger partial charge is 0.385 e. The van der Waals surface area contributed by atoms with Crippen LogP contribution in [0.4, 0.5) is 0 Å². The van der Waals surface area contributed by atoms with E-state index < -0.39 is 6.10 Å². The van der Waals surface area contributed by atoms with Gasteiger partial charge in [-0.15, -0.1) is 20.4 Å². The molecular weight excluding hydrogens is 298 g/mol. The summed E-state index contributed by atoms with van der Waals surface area (Å²) in [5.74, 6) is 2.03. The minimum absolute atomic E-state index is 0.251. The predicted molar refractivity (Wildman–Crippen MR) is 79.1 cm³/mol. The van der Waals surface area contributed by atoms with Gasteiger partial charge in [0.15, 0.2) is 23.1 Å². The van der Waals surface area contributed by atoms with Gasteiger partial charge >= 0.3 is 0 Å². The van der Waals surface area contributed by atoms with E-state index in [1.54, 1.807) is 28.3 Å². The highest BCUT2D eigenvalue weighted by Gasteiger charge is 2.24. The topological polar surface area (TPSA) is 103 Å². The smallest absolute Gasteiger partial charge is 0.177 e. The van der Waals surface area contributed by atoms with Crippen LogP contribution in [0.1, 0.15) is 43.4 Å². The molecule has 1 N–H and O–H groups in total. The molecular formula is C14H17N7O2. The molecule has 0 radical (unpaired) electrons. The van der Waals surface area contributed by atoms with Gasteiger partial charge in [-0.2, -0.15) is 9.20 Å². The van der Waals surface area contributed by atoms with Crippen molar-refractivity contribution in [1.82, 2.24) is 34.6 Å². The molecule has 4 heterocycles. The van der Waals surface area contributed by atoms with E-state index in [9.17, 15) is 5.11 Å². The Bertz CT molecular complexity index is 820. The molecule has 0 amide bonds. The lowest BCUT2D eigenvalue weighted by Crippen LogP contribution is -2.15. The van der Waals surface area contributed by atoms with Gasteiger partial charge in [0, 0.05) is 19.1 Å². The minimum atomic E-state index is -0.741. The van der Waals surface area contributed by atoms with Crippen LogP contribution in [0.25, 0.3) is 11.5 Å². The number of nitrogens with zero attached hydrogens (tertiary/aromatic N) is 7. The van der Waals surface area contributed by atoms with Crippen LogP contribution in [-0.4, -0.2) is 52.9 Å². The van der Waals surface area contributed by atoms with Crippen LogP contribution in [0.2, 0.25) is 0 Å². The van der Waals surface area contributed by atoms with Crippen molar-refractivity contribution in [3.05, 3.63) is 30.1 Å². The van der Waals surface area contributed by atoms with Gasteiger partial charge in [-0.05, 0) is 31.9 Å².